The number of nitrogens with one attached hydrogen (secondary N) is 2. The molecule has 0 spiro atoms. The number of pyridine rings is 1. The third-order valence-corrected chi connectivity index (χ3v) is 4.54. The Kier molecular flexibility index (Phi) is 10.1. The highest BCUT2D eigenvalue weighted by atomic mass is 127. The molecule has 1 aromatic rings. The summed E-state index contributed by atoms with van der Waals surface area (Å²) < 4.78 is 1.84. The molecule has 1 fully saturated rings. The van der Waals surface area contributed by atoms with Gasteiger partial charge in [0.25, 0.3) is 5.56 Å². The van der Waals surface area contributed by atoms with Crippen molar-refractivity contribution in [2.24, 2.45) is 4.99 Å². The lowest BCUT2D eigenvalue weighted by molar-refractivity contribution is 0.410. The highest BCUT2D eigenvalue weighted by Crippen LogP contribution is 2.17. The van der Waals surface area contributed by atoms with Crippen molar-refractivity contribution < 1.29 is 0 Å². The summed E-state index contributed by atoms with van der Waals surface area (Å²) in [4.78, 5) is 16.1. The number of hydrogen-bond acceptors (Lipinski definition) is 2. The van der Waals surface area contributed by atoms with Gasteiger partial charge in [0.1, 0.15) is 0 Å². The van der Waals surface area contributed by atoms with E-state index in [-0.39, 0.29) is 29.5 Å². The Balaban J connectivity index is 0.00000288. The van der Waals surface area contributed by atoms with Gasteiger partial charge in [0.15, 0.2) is 5.96 Å². The van der Waals surface area contributed by atoms with Gasteiger partial charge >= 0.3 is 0 Å². The number of hydrogen-bond donors (Lipinski definition) is 2. The minimum atomic E-state index is 0. The van der Waals surface area contributed by atoms with Crippen LogP contribution in [0.4, 0.5) is 0 Å². The van der Waals surface area contributed by atoms with E-state index in [0.717, 1.165) is 37.6 Å². The molecule has 6 heteroatoms. The lowest BCUT2D eigenvalue weighted by Crippen LogP contribution is -2.44. The van der Waals surface area contributed by atoms with Gasteiger partial charge in [-0.05, 0) is 38.7 Å². The summed E-state index contributed by atoms with van der Waals surface area (Å²) in [6.45, 7) is 3.64. The standard InChI is InChI=1S/C18H30N4O.HI/c1-15-9-8-12-17(23)22(15)14-7-6-13-20-18(19-2)21-16-10-4-3-5-11-16;/h8-9,12,16H,3-7,10-11,13-14H2,1-2H3,(H2,19,20,21);1H. The second-order valence-electron chi connectivity index (χ2n) is 6.34. The molecule has 1 aromatic heterocycles. The monoisotopic (exact) mass is 446 g/mol. The van der Waals surface area contributed by atoms with Crippen molar-refractivity contribution in [2.45, 2.75) is 64.5 Å². The van der Waals surface area contributed by atoms with Crippen LogP contribution in [-0.4, -0.2) is 30.2 Å². The molecule has 2 rings (SSSR count). The van der Waals surface area contributed by atoms with Crippen LogP contribution in [0.25, 0.3) is 0 Å². The smallest absolute Gasteiger partial charge is 0.250 e. The number of rotatable bonds is 6. The first-order valence-corrected chi connectivity index (χ1v) is 8.84. The Labute approximate surface area is 162 Å². The first-order chi connectivity index (χ1) is 11.2. The number of aromatic nitrogens is 1. The highest BCUT2D eigenvalue weighted by Gasteiger charge is 2.14. The van der Waals surface area contributed by atoms with Crippen molar-refractivity contribution in [3.8, 4) is 0 Å². The normalized spacial score (nSPS) is 15.7. The largest absolute Gasteiger partial charge is 0.356 e. The van der Waals surface area contributed by atoms with Gasteiger partial charge in [0, 0.05) is 37.9 Å². The van der Waals surface area contributed by atoms with E-state index in [0.29, 0.717) is 6.04 Å². The molecular formula is C18H31IN4O. The predicted molar refractivity (Wildman–Crippen MR) is 111 cm³/mol. The first-order valence-electron chi connectivity index (χ1n) is 8.84. The zero-order valence-corrected chi connectivity index (χ0v) is 17.2. The van der Waals surface area contributed by atoms with Crippen LogP contribution in [0.5, 0.6) is 0 Å². The van der Waals surface area contributed by atoms with Crippen molar-refractivity contribution in [1.82, 2.24) is 15.2 Å². The summed E-state index contributed by atoms with van der Waals surface area (Å²) in [6.07, 6.45) is 8.50. The Bertz CT molecular complexity index is 564. The number of unbranched alkanes of at least 4 members (excludes halogenated alkanes) is 1. The van der Waals surface area contributed by atoms with Crippen molar-refractivity contribution in [1.29, 1.82) is 0 Å². The molecule has 0 atom stereocenters. The van der Waals surface area contributed by atoms with Crippen LogP contribution in [-0.2, 0) is 6.54 Å². The second kappa shape index (κ2) is 11.5. The minimum absolute atomic E-state index is 0. The molecule has 0 bridgehead atoms. The lowest BCUT2D eigenvalue weighted by atomic mass is 9.96. The third-order valence-electron chi connectivity index (χ3n) is 4.54. The molecule has 0 amide bonds. The summed E-state index contributed by atoms with van der Waals surface area (Å²) in [5.74, 6) is 0.907. The topological polar surface area (TPSA) is 58.4 Å². The fraction of sp³-hybridized carbons (Fsp3) is 0.667. The molecule has 0 aliphatic heterocycles. The van der Waals surface area contributed by atoms with E-state index in [2.05, 4.69) is 15.6 Å². The molecule has 0 saturated heterocycles. The van der Waals surface area contributed by atoms with Gasteiger partial charge in [-0.1, -0.05) is 25.3 Å². The average molecular weight is 446 g/mol. The van der Waals surface area contributed by atoms with Gasteiger partial charge < -0.3 is 15.2 Å². The SMILES string of the molecule is CN=C(NCCCCn1c(C)cccc1=O)NC1CCCCC1.I. The fourth-order valence-electron chi connectivity index (χ4n) is 3.15. The quantitative estimate of drug-likeness (QED) is 0.306. The van der Waals surface area contributed by atoms with E-state index >= 15 is 0 Å². The van der Waals surface area contributed by atoms with E-state index in [1.54, 1.807) is 6.07 Å². The summed E-state index contributed by atoms with van der Waals surface area (Å²) in [6, 6.07) is 5.99. The molecular weight excluding hydrogens is 415 g/mol. The fourth-order valence-corrected chi connectivity index (χ4v) is 3.15. The van der Waals surface area contributed by atoms with Gasteiger partial charge in [-0.2, -0.15) is 0 Å². The van der Waals surface area contributed by atoms with Crippen LogP contribution in [0.15, 0.2) is 28.0 Å². The maximum Gasteiger partial charge on any atom is 0.250 e. The summed E-state index contributed by atoms with van der Waals surface area (Å²) in [5.41, 5.74) is 1.12. The van der Waals surface area contributed by atoms with Crippen molar-refractivity contribution in [3.05, 3.63) is 34.2 Å². The maximum absolute atomic E-state index is 11.8. The molecule has 0 unspecified atom stereocenters. The van der Waals surface area contributed by atoms with Gasteiger partial charge in [-0.15, -0.1) is 24.0 Å². The Morgan fingerprint density at radius 1 is 1.25 bits per heavy atom. The summed E-state index contributed by atoms with van der Waals surface area (Å²) in [5, 5.41) is 6.90. The molecule has 2 N–H and O–H groups in total. The zero-order valence-electron chi connectivity index (χ0n) is 14.9. The lowest BCUT2D eigenvalue weighted by Gasteiger charge is -2.24. The number of aliphatic imine (C=N–C) groups is 1. The number of guanidine groups is 1. The summed E-state index contributed by atoms with van der Waals surface area (Å²) >= 11 is 0. The second-order valence-corrected chi connectivity index (χ2v) is 6.34. The van der Waals surface area contributed by atoms with Gasteiger partial charge in [0.2, 0.25) is 0 Å². The molecule has 136 valence electrons. The van der Waals surface area contributed by atoms with Crippen molar-refractivity contribution in [2.75, 3.05) is 13.6 Å². The van der Waals surface area contributed by atoms with E-state index in [1.165, 1.54) is 32.1 Å². The molecule has 1 aliphatic carbocycles. The average Bonchev–Trinajstić information content (AvgIpc) is 2.56. The van der Waals surface area contributed by atoms with E-state index in [9.17, 15) is 4.79 Å². The first kappa shape index (κ1) is 21.0. The van der Waals surface area contributed by atoms with Gasteiger partial charge in [-0.25, -0.2) is 0 Å². The van der Waals surface area contributed by atoms with Crippen LogP contribution >= 0.6 is 24.0 Å². The Morgan fingerprint density at radius 3 is 2.67 bits per heavy atom. The van der Waals surface area contributed by atoms with E-state index in [1.807, 2.05) is 30.7 Å². The van der Waals surface area contributed by atoms with Crippen LogP contribution in [0.2, 0.25) is 0 Å². The third kappa shape index (κ3) is 6.83. The highest BCUT2D eigenvalue weighted by molar-refractivity contribution is 14.0. The van der Waals surface area contributed by atoms with Crippen LogP contribution in [0, 0.1) is 6.92 Å². The molecule has 0 radical (unpaired) electrons. The van der Waals surface area contributed by atoms with Crippen molar-refractivity contribution >= 4 is 29.9 Å². The van der Waals surface area contributed by atoms with Crippen LogP contribution in [0.1, 0.15) is 50.6 Å². The van der Waals surface area contributed by atoms with Gasteiger partial charge in [0.05, 0.1) is 0 Å². The Hall–Kier alpha value is -1.05. The van der Waals surface area contributed by atoms with Gasteiger partial charge in [-0.3, -0.25) is 9.79 Å². The van der Waals surface area contributed by atoms with E-state index in [4.69, 9.17) is 0 Å². The van der Waals surface area contributed by atoms with Crippen LogP contribution < -0.4 is 16.2 Å². The molecule has 1 heterocycles. The predicted octanol–water partition coefficient (Wildman–Crippen LogP) is 3.05. The summed E-state index contributed by atoms with van der Waals surface area (Å²) in [7, 11) is 1.82. The van der Waals surface area contributed by atoms with Crippen molar-refractivity contribution in [3.63, 3.8) is 0 Å². The molecule has 5 nitrogen and oxygen atoms in total. The minimum Gasteiger partial charge on any atom is -0.356 e. The molecule has 24 heavy (non-hydrogen) atoms. The zero-order chi connectivity index (χ0) is 16.5. The van der Waals surface area contributed by atoms with E-state index < -0.39 is 0 Å². The maximum atomic E-state index is 11.8. The number of halogens is 1. The molecule has 1 saturated carbocycles. The molecule has 1 aliphatic rings. The number of aryl methyl sites for hydroxylation is 1. The Morgan fingerprint density at radius 2 is 2.00 bits per heavy atom. The number of nitrogens with zero attached hydrogens (tertiary/aromatic N) is 2. The molecule has 0 aromatic carbocycles. The van der Waals surface area contributed by atoms with Crippen LogP contribution in [0.3, 0.4) is 0 Å².